The van der Waals surface area contributed by atoms with E-state index in [1.165, 1.54) is 0 Å². The molecule has 0 saturated carbocycles. The molecule has 0 unspecified atom stereocenters. The van der Waals surface area contributed by atoms with E-state index in [1.54, 1.807) is 0 Å². The fourth-order valence-electron chi connectivity index (χ4n) is 2.22. The lowest BCUT2D eigenvalue weighted by atomic mass is 9.99. The average molecular weight is 419 g/mol. The molecule has 22 heavy (non-hydrogen) atoms. The number of carbonyl (C=O) groups excluding carboxylic acids is 1. The van der Waals surface area contributed by atoms with Crippen molar-refractivity contribution in [2.24, 2.45) is 0 Å². The molecule has 0 aliphatic carbocycles. The first-order valence-electron chi connectivity index (χ1n) is 6.80. The zero-order valence-corrected chi connectivity index (χ0v) is 14.5. The summed E-state index contributed by atoms with van der Waals surface area (Å²) in [5.74, 6) is 0.0408. The van der Waals surface area contributed by atoms with Crippen LogP contribution in [0.15, 0.2) is 72.8 Å². The van der Waals surface area contributed by atoms with Gasteiger partial charge in [0, 0.05) is 19.7 Å². The van der Waals surface area contributed by atoms with Crippen molar-refractivity contribution in [3.05, 3.63) is 92.5 Å². The Morgan fingerprint density at radius 1 is 0.682 bits per heavy atom. The highest BCUT2D eigenvalue weighted by Crippen LogP contribution is 2.22. The van der Waals surface area contributed by atoms with E-state index in [9.17, 15) is 4.79 Å². The summed E-state index contributed by atoms with van der Waals surface area (Å²) in [6.45, 7) is 0. The molecule has 0 saturated heterocycles. The Hall–Kier alpha value is -1.65. The van der Waals surface area contributed by atoms with Crippen LogP contribution >= 0.6 is 34.2 Å². The van der Waals surface area contributed by atoms with Crippen molar-refractivity contribution in [2.45, 2.75) is 0 Å². The molecule has 3 aromatic rings. The molecular weight excluding hydrogens is 407 g/mol. The van der Waals surface area contributed by atoms with Crippen LogP contribution in [0.25, 0.3) is 11.1 Å². The highest BCUT2D eigenvalue weighted by atomic mass is 127. The van der Waals surface area contributed by atoms with Crippen molar-refractivity contribution in [3.8, 4) is 11.1 Å². The van der Waals surface area contributed by atoms with Gasteiger partial charge in [0.05, 0.1) is 0 Å². The van der Waals surface area contributed by atoms with Crippen molar-refractivity contribution < 1.29 is 4.79 Å². The summed E-state index contributed by atoms with van der Waals surface area (Å²) in [5.41, 5.74) is 3.55. The summed E-state index contributed by atoms with van der Waals surface area (Å²) in [6, 6.07) is 22.9. The van der Waals surface area contributed by atoms with Gasteiger partial charge in [-0.1, -0.05) is 48.0 Å². The van der Waals surface area contributed by atoms with E-state index in [-0.39, 0.29) is 5.78 Å². The van der Waals surface area contributed by atoms with Crippen LogP contribution in [-0.2, 0) is 0 Å². The van der Waals surface area contributed by atoms with E-state index in [0.717, 1.165) is 14.7 Å². The first-order chi connectivity index (χ1) is 10.6. The lowest BCUT2D eigenvalue weighted by Gasteiger charge is -2.05. The SMILES string of the molecule is O=C(c1ccc(I)cc1)c1ccc(-c2ccc(Cl)cc2)cc1. The molecule has 0 amide bonds. The first-order valence-corrected chi connectivity index (χ1v) is 8.25. The molecule has 0 N–H and O–H groups in total. The fraction of sp³-hybridized carbons (Fsp3) is 0. The third-order valence-electron chi connectivity index (χ3n) is 3.43. The van der Waals surface area contributed by atoms with Crippen LogP contribution in [0, 0.1) is 3.57 Å². The van der Waals surface area contributed by atoms with Crippen molar-refractivity contribution in [1.82, 2.24) is 0 Å². The molecule has 0 aliphatic rings. The number of rotatable bonds is 3. The summed E-state index contributed by atoms with van der Waals surface area (Å²) in [4.78, 5) is 12.4. The summed E-state index contributed by atoms with van der Waals surface area (Å²) < 4.78 is 1.12. The summed E-state index contributed by atoms with van der Waals surface area (Å²) in [7, 11) is 0. The van der Waals surface area contributed by atoms with Crippen molar-refractivity contribution in [3.63, 3.8) is 0 Å². The minimum Gasteiger partial charge on any atom is -0.289 e. The summed E-state index contributed by atoms with van der Waals surface area (Å²) >= 11 is 8.13. The highest BCUT2D eigenvalue weighted by Gasteiger charge is 2.09. The van der Waals surface area contributed by atoms with E-state index >= 15 is 0 Å². The van der Waals surface area contributed by atoms with Crippen molar-refractivity contribution >= 4 is 40.0 Å². The van der Waals surface area contributed by atoms with Gasteiger partial charge in [-0.15, -0.1) is 0 Å². The molecule has 0 aliphatic heterocycles. The second-order valence-electron chi connectivity index (χ2n) is 4.92. The van der Waals surface area contributed by atoms with Gasteiger partial charge in [-0.3, -0.25) is 4.79 Å². The van der Waals surface area contributed by atoms with E-state index in [4.69, 9.17) is 11.6 Å². The molecule has 0 fully saturated rings. The molecular formula is C19H12ClIO. The van der Waals surface area contributed by atoms with Gasteiger partial charge in [0.1, 0.15) is 0 Å². The van der Waals surface area contributed by atoms with Gasteiger partial charge in [-0.2, -0.15) is 0 Å². The van der Waals surface area contributed by atoms with Gasteiger partial charge in [0.2, 0.25) is 0 Å². The van der Waals surface area contributed by atoms with E-state index in [1.807, 2.05) is 72.8 Å². The molecule has 1 nitrogen and oxygen atoms in total. The van der Waals surface area contributed by atoms with Gasteiger partial charge in [0.25, 0.3) is 0 Å². The van der Waals surface area contributed by atoms with Crippen molar-refractivity contribution in [2.75, 3.05) is 0 Å². The number of carbonyl (C=O) groups is 1. The third kappa shape index (κ3) is 3.39. The number of halogens is 2. The predicted octanol–water partition coefficient (Wildman–Crippen LogP) is 5.84. The molecule has 0 spiro atoms. The highest BCUT2D eigenvalue weighted by molar-refractivity contribution is 14.1. The van der Waals surface area contributed by atoms with Gasteiger partial charge < -0.3 is 0 Å². The lowest BCUT2D eigenvalue weighted by molar-refractivity contribution is 0.103. The lowest BCUT2D eigenvalue weighted by Crippen LogP contribution is -2.00. The quantitative estimate of drug-likeness (QED) is 0.386. The molecule has 3 rings (SSSR count). The molecule has 3 heteroatoms. The topological polar surface area (TPSA) is 17.1 Å². The molecule has 0 heterocycles. The Morgan fingerprint density at radius 2 is 1.09 bits per heavy atom. The van der Waals surface area contributed by atoms with Gasteiger partial charge in [0.15, 0.2) is 5.78 Å². The molecule has 0 aromatic heterocycles. The van der Waals surface area contributed by atoms with Crippen LogP contribution < -0.4 is 0 Å². The largest absolute Gasteiger partial charge is 0.289 e. The van der Waals surface area contributed by atoms with E-state index in [2.05, 4.69) is 22.6 Å². The number of hydrogen-bond acceptors (Lipinski definition) is 1. The van der Waals surface area contributed by atoms with Crippen LogP contribution in [0.4, 0.5) is 0 Å². The number of hydrogen-bond donors (Lipinski definition) is 0. The Kier molecular flexibility index (Phi) is 4.60. The standard InChI is InChI=1S/C19H12ClIO/c20-17-9-5-14(6-10-17)13-1-3-15(4-2-13)19(22)16-7-11-18(21)12-8-16/h1-12H. The molecule has 108 valence electrons. The fourth-order valence-corrected chi connectivity index (χ4v) is 2.71. The van der Waals surface area contributed by atoms with Gasteiger partial charge in [-0.05, 0) is 70.1 Å². The van der Waals surface area contributed by atoms with Crippen LogP contribution in [0.1, 0.15) is 15.9 Å². The predicted molar refractivity (Wildman–Crippen MR) is 99.5 cm³/mol. The summed E-state index contributed by atoms with van der Waals surface area (Å²) in [6.07, 6.45) is 0. The maximum Gasteiger partial charge on any atom is 0.193 e. The second kappa shape index (κ2) is 6.63. The Balaban J connectivity index is 1.86. The van der Waals surface area contributed by atoms with Crippen molar-refractivity contribution in [1.29, 1.82) is 0 Å². The Bertz CT molecular complexity index is 790. The number of benzene rings is 3. The minimum atomic E-state index is 0.0408. The van der Waals surface area contributed by atoms with E-state index in [0.29, 0.717) is 16.1 Å². The van der Waals surface area contributed by atoms with Crippen LogP contribution in [-0.4, -0.2) is 5.78 Å². The zero-order valence-electron chi connectivity index (χ0n) is 11.6. The number of ketones is 1. The van der Waals surface area contributed by atoms with Gasteiger partial charge in [-0.25, -0.2) is 0 Å². The van der Waals surface area contributed by atoms with E-state index < -0.39 is 0 Å². The zero-order chi connectivity index (χ0) is 15.5. The molecule has 0 bridgehead atoms. The Morgan fingerprint density at radius 3 is 1.59 bits per heavy atom. The minimum absolute atomic E-state index is 0.0408. The Labute approximate surface area is 148 Å². The first kappa shape index (κ1) is 15.3. The molecule has 3 aromatic carbocycles. The third-order valence-corrected chi connectivity index (χ3v) is 4.40. The summed E-state index contributed by atoms with van der Waals surface area (Å²) in [5, 5.41) is 0.717. The van der Waals surface area contributed by atoms with Crippen LogP contribution in [0.2, 0.25) is 5.02 Å². The maximum absolute atomic E-state index is 12.4. The molecule has 0 radical (unpaired) electrons. The smallest absolute Gasteiger partial charge is 0.193 e. The van der Waals surface area contributed by atoms with Gasteiger partial charge >= 0.3 is 0 Å². The molecule has 0 atom stereocenters. The second-order valence-corrected chi connectivity index (χ2v) is 6.60. The van der Waals surface area contributed by atoms with Crippen LogP contribution in [0.3, 0.4) is 0 Å². The van der Waals surface area contributed by atoms with Crippen LogP contribution in [0.5, 0.6) is 0 Å². The monoisotopic (exact) mass is 418 g/mol. The maximum atomic E-state index is 12.4. The normalized spacial score (nSPS) is 10.5. The average Bonchev–Trinajstić information content (AvgIpc) is 2.56.